The van der Waals surface area contributed by atoms with E-state index in [2.05, 4.69) is 10.1 Å². The molecule has 0 radical (unpaired) electrons. The molecule has 1 aliphatic rings. The summed E-state index contributed by atoms with van der Waals surface area (Å²) < 4.78 is 65.9. The zero-order valence-electron chi connectivity index (χ0n) is 22.9. The van der Waals surface area contributed by atoms with Crippen molar-refractivity contribution in [3.63, 3.8) is 0 Å². The molecule has 13 nitrogen and oxygen atoms in total. The summed E-state index contributed by atoms with van der Waals surface area (Å²) in [5.74, 6) is -0.770. The van der Waals surface area contributed by atoms with Crippen molar-refractivity contribution in [1.82, 2.24) is 19.6 Å². The number of aromatic amines is 1. The Morgan fingerprint density at radius 3 is 2.57 bits per heavy atom. The Morgan fingerprint density at radius 2 is 1.98 bits per heavy atom. The molecule has 3 N–H and O–H groups in total. The standard InChI is InChI=1S/C25H29F2N4O9PS/c1-13(2)38-22(34)14(3)30-41(36,40-16-7-5-15(6-8-16)19-21(26)42-12-28-19)37-11-17-20(33)25(4,27)23(39-17)31-10-9-18(32)29-24(31)35/h5-10,12-14,17,20,23,33H,11H2,1-4H3,(H,30,36)(H,29,32,35)/t14-,17+,20+,23+,25+,41?/m0/s1. The van der Waals surface area contributed by atoms with E-state index in [4.69, 9.17) is 18.5 Å². The molecule has 1 fully saturated rings. The van der Waals surface area contributed by atoms with E-state index >= 15 is 4.39 Å². The lowest BCUT2D eigenvalue weighted by Gasteiger charge is -2.25. The molecule has 3 heterocycles. The number of ether oxygens (including phenoxy) is 2. The lowest BCUT2D eigenvalue weighted by molar-refractivity contribution is -0.149. The van der Waals surface area contributed by atoms with Gasteiger partial charge < -0.3 is 19.1 Å². The predicted octanol–water partition coefficient (Wildman–Crippen LogP) is 2.92. The molecule has 0 bridgehead atoms. The molecule has 0 aliphatic carbocycles. The van der Waals surface area contributed by atoms with Gasteiger partial charge >= 0.3 is 19.4 Å². The van der Waals surface area contributed by atoms with Crippen molar-refractivity contribution in [3.8, 4) is 17.0 Å². The van der Waals surface area contributed by atoms with Gasteiger partial charge in [-0.2, -0.15) is 9.48 Å². The van der Waals surface area contributed by atoms with E-state index in [0.717, 1.165) is 35.1 Å². The summed E-state index contributed by atoms with van der Waals surface area (Å²) in [6, 6.07) is 5.48. The predicted molar refractivity (Wildman–Crippen MR) is 146 cm³/mol. The SMILES string of the molecule is CC(C)OC(=O)[C@H](C)NP(=O)(OC[C@H]1O[C@@H](n2ccc(=O)[nH]c2=O)[C@](C)(F)[C@@H]1O)Oc1ccc(-c2ncsc2F)cc1. The third-order valence-electron chi connectivity index (χ3n) is 6.16. The molecular weight excluding hydrogens is 601 g/mol. The summed E-state index contributed by atoms with van der Waals surface area (Å²) in [6.07, 6.45) is -4.46. The first-order valence-corrected chi connectivity index (χ1v) is 15.1. The zero-order chi connectivity index (χ0) is 30.8. The Bertz CT molecular complexity index is 1580. The van der Waals surface area contributed by atoms with E-state index in [1.807, 2.05) is 4.98 Å². The minimum Gasteiger partial charge on any atom is -0.462 e. The van der Waals surface area contributed by atoms with Crippen LogP contribution < -0.4 is 20.9 Å². The number of hydrogen-bond donors (Lipinski definition) is 3. The van der Waals surface area contributed by atoms with E-state index in [-0.39, 0.29) is 11.4 Å². The van der Waals surface area contributed by atoms with Gasteiger partial charge in [0, 0.05) is 17.8 Å². The van der Waals surface area contributed by atoms with Crippen LogP contribution in [0.2, 0.25) is 0 Å². The summed E-state index contributed by atoms with van der Waals surface area (Å²) in [5, 5.41) is 12.6. The van der Waals surface area contributed by atoms with Crippen LogP contribution in [0.5, 0.6) is 5.75 Å². The highest BCUT2D eigenvalue weighted by atomic mass is 32.1. The summed E-state index contributed by atoms with van der Waals surface area (Å²) >= 11 is 0.825. The minimum atomic E-state index is -4.48. The molecule has 0 saturated carbocycles. The number of aliphatic hydroxyl groups excluding tert-OH is 1. The largest absolute Gasteiger partial charge is 0.462 e. The topological polar surface area (TPSA) is 171 Å². The zero-order valence-corrected chi connectivity index (χ0v) is 24.6. The molecule has 1 unspecified atom stereocenters. The second-order valence-corrected chi connectivity index (χ2v) is 12.4. The smallest absolute Gasteiger partial charge is 0.459 e. The maximum Gasteiger partial charge on any atom is 0.459 e. The van der Waals surface area contributed by atoms with Crippen LogP contribution in [0.25, 0.3) is 11.3 Å². The van der Waals surface area contributed by atoms with Crippen molar-refractivity contribution >= 4 is 25.1 Å². The number of esters is 1. The molecule has 17 heteroatoms. The quantitative estimate of drug-likeness (QED) is 0.210. The first-order chi connectivity index (χ1) is 19.7. The molecule has 3 aromatic rings. The van der Waals surface area contributed by atoms with Crippen LogP contribution in [0, 0.1) is 5.13 Å². The second kappa shape index (κ2) is 12.5. The summed E-state index contributed by atoms with van der Waals surface area (Å²) in [5.41, 5.74) is -2.34. The van der Waals surface area contributed by atoms with E-state index in [9.17, 15) is 28.4 Å². The fraction of sp³-hybridized carbons (Fsp3) is 0.440. The van der Waals surface area contributed by atoms with E-state index in [0.29, 0.717) is 5.56 Å². The number of nitrogens with one attached hydrogen (secondary N) is 2. The number of thiazole rings is 1. The highest BCUT2D eigenvalue weighted by Gasteiger charge is 2.56. The van der Waals surface area contributed by atoms with Crippen molar-refractivity contribution in [1.29, 1.82) is 0 Å². The molecule has 4 rings (SSSR count). The van der Waals surface area contributed by atoms with Gasteiger partial charge in [0.05, 0.1) is 18.2 Å². The highest BCUT2D eigenvalue weighted by Crippen LogP contribution is 2.47. The van der Waals surface area contributed by atoms with Crippen molar-refractivity contribution in [3.05, 3.63) is 68.0 Å². The molecule has 6 atom stereocenters. The number of rotatable bonds is 11. The first-order valence-electron chi connectivity index (χ1n) is 12.7. The van der Waals surface area contributed by atoms with Gasteiger partial charge in [0.1, 0.15) is 29.7 Å². The van der Waals surface area contributed by atoms with Crippen molar-refractivity contribution < 1.29 is 41.8 Å². The maximum atomic E-state index is 15.6. The van der Waals surface area contributed by atoms with Gasteiger partial charge in [-0.05, 0) is 52.0 Å². The second-order valence-electron chi connectivity index (χ2n) is 9.86. The summed E-state index contributed by atoms with van der Waals surface area (Å²) in [7, 11) is -4.48. The van der Waals surface area contributed by atoms with Crippen molar-refractivity contribution in [2.24, 2.45) is 0 Å². The number of H-pyrrole nitrogens is 1. The number of hydrogen-bond acceptors (Lipinski definition) is 11. The lowest BCUT2D eigenvalue weighted by Crippen LogP contribution is -2.43. The van der Waals surface area contributed by atoms with Gasteiger partial charge in [-0.1, -0.05) is 11.3 Å². The minimum absolute atomic E-state index is 0.00413. The first kappa shape index (κ1) is 31.7. The number of carbonyl (C=O) groups is 1. The average molecular weight is 631 g/mol. The Kier molecular flexibility index (Phi) is 9.45. The van der Waals surface area contributed by atoms with E-state index in [1.54, 1.807) is 13.8 Å². The third kappa shape index (κ3) is 7.02. The van der Waals surface area contributed by atoms with Crippen LogP contribution in [0.15, 0.2) is 51.6 Å². The van der Waals surface area contributed by atoms with Crippen LogP contribution in [0.3, 0.4) is 0 Å². The highest BCUT2D eigenvalue weighted by molar-refractivity contribution is 7.52. The number of alkyl halides is 1. The Morgan fingerprint density at radius 1 is 1.29 bits per heavy atom. The third-order valence-corrected chi connectivity index (χ3v) is 8.42. The lowest BCUT2D eigenvalue weighted by atomic mass is 9.98. The molecule has 0 amide bonds. The fourth-order valence-electron chi connectivity index (χ4n) is 4.08. The summed E-state index contributed by atoms with van der Waals surface area (Å²) in [4.78, 5) is 42.0. The molecule has 1 aliphatic heterocycles. The number of benzene rings is 1. The number of nitrogens with zero attached hydrogens (tertiary/aromatic N) is 2. The Hall–Kier alpha value is -3.27. The van der Waals surface area contributed by atoms with Crippen molar-refractivity contribution in [2.75, 3.05) is 6.61 Å². The van der Waals surface area contributed by atoms with Gasteiger partial charge in [0.2, 0.25) is 5.13 Å². The molecular formula is C25H29F2N4O9PS. The Balaban J connectivity index is 1.55. The van der Waals surface area contributed by atoms with Gasteiger partial charge in [-0.15, -0.1) is 0 Å². The normalized spacial score (nSPS) is 24.3. The molecule has 2 aromatic heterocycles. The van der Waals surface area contributed by atoms with Gasteiger partial charge in [-0.25, -0.2) is 18.7 Å². The maximum absolute atomic E-state index is 15.6. The van der Waals surface area contributed by atoms with Gasteiger partial charge in [-0.3, -0.25) is 23.7 Å². The molecule has 228 valence electrons. The number of aromatic nitrogens is 3. The number of halogens is 2. The summed E-state index contributed by atoms with van der Waals surface area (Å²) in [6.45, 7) is 4.89. The van der Waals surface area contributed by atoms with Crippen LogP contribution in [-0.2, 0) is 23.4 Å². The van der Waals surface area contributed by atoms with Crippen LogP contribution in [-0.4, -0.2) is 62.2 Å². The molecule has 42 heavy (non-hydrogen) atoms. The number of carbonyl (C=O) groups excluding carboxylic acids is 1. The van der Waals surface area contributed by atoms with Crippen molar-refractivity contribution in [2.45, 2.75) is 63.9 Å². The van der Waals surface area contributed by atoms with Gasteiger partial charge in [0.25, 0.3) is 5.56 Å². The van der Waals surface area contributed by atoms with Crippen LogP contribution in [0.1, 0.15) is 33.9 Å². The van der Waals surface area contributed by atoms with Crippen LogP contribution >= 0.6 is 19.1 Å². The van der Waals surface area contributed by atoms with Crippen LogP contribution in [0.4, 0.5) is 8.78 Å². The number of aliphatic hydroxyl groups is 1. The van der Waals surface area contributed by atoms with E-state index < -0.39 is 73.0 Å². The molecule has 1 saturated heterocycles. The fourth-order valence-corrected chi connectivity index (χ4v) is 6.12. The van der Waals surface area contributed by atoms with E-state index in [1.165, 1.54) is 36.7 Å². The van der Waals surface area contributed by atoms with Gasteiger partial charge in [0.15, 0.2) is 11.9 Å². The molecule has 1 aromatic carbocycles. The monoisotopic (exact) mass is 630 g/mol. The Labute approximate surface area is 242 Å². The molecule has 0 spiro atoms. The average Bonchev–Trinajstić information content (AvgIpc) is 3.43.